The highest BCUT2D eigenvalue weighted by Crippen LogP contribution is 2.36. The number of rotatable bonds is 8. The van der Waals surface area contributed by atoms with Gasteiger partial charge in [0.05, 0.1) is 0 Å². The molecule has 0 spiro atoms. The summed E-state index contributed by atoms with van der Waals surface area (Å²) in [5.41, 5.74) is 4.51. The number of phenols is 1. The Bertz CT molecular complexity index is 1460. The van der Waals surface area contributed by atoms with Crippen LogP contribution in [0.1, 0.15) is 70.4 Å². The number of amides is 2. The number of fused-ring (bicyclic) bond motifs is 1. The van der Waals surface area contributed by atoms with E-state index in [0.717, 1.165) is 29.7 Å². The van der Waals surface area contributed by atoms with Gasteiger partial charge in [0.25, 0.3) is 5.56 Å². The molecule has 0 saturated heterocycles. The molecular formula is C31H36N4O3. The molecule has 2 heterocycles. The second kappa shape index (κ2) is 11.5. The number of nitrogens with one attached hydrogen (secondary N) is 2. The van der Waals surface area contributed by atoms with Crippen LogP contribution in [0.4, 0.5) is 16.2 Å². The van der Waals surface area contributed by atoms with E-state index in [9.17, 15) is 14.7 Å². The number of H-pyrrole nitrogens is 1. The molecule has 7 heteroatoms. The van der Waals surface area contributed by atoms with Crippen LogP contribution in [0.25, 0.3) is 22.2 Å². The summed E-state index contributed by atoms with van der Waals surface area (Å²) >= 11 is 0. The van der Waals surface area contributed by atoms with Gasteiger partial charge in [-0.25, -0.2) is 9.78 Å². The fourth-order valence-electron chi connectivity index (χ4n) is 4.79. The topological polar surface area (TPSA) is 98.3 Å². The van der Waals surface area contributed by atoms with E-state index in [1.165, 1.54) is 0 Å². The zero-order valence-electron chi connectivity index (χ0n) is 22.7. The number of para-hydroxylation sites is 1. The zero-order chi connectivity index (χ0) is 27.4. The maximum Gasteiger partial charge on any atom is 0.326 e. The summed E-state index contributed by atoms with van der Waals surface area (Å²) in [6.45, 7) is 10.8. The molecule has 0 atom stereocenters. The van der Waals surface area contributed by atoms with Crippen LogP contribution in [0.15, 0.2) is 65.6 Å². The Kier molecular flexibility index (Phi) is 8.15. The van der Waals surface area contributed by atoms with Crippen LogP contribution in [-0.4, -0.2) is 27.7 Å². The molecule has 0 bridgehead atoms. The number of unbranched alkanes of at least 4 members (excludes halogenated alkanes) is 1. The van der Waals surface area contributed by atoms with E-state index in [1.54, 1.807) is 41.4 Å². The van der Waals surface area contributed by atoms with Crippen LogP contribution < -0.4 is 15.8 Å². The van der Waals surface area contributed by atoms with Crippen LogP contribution in [0.3, 0.4) is 0 Å². The van der Waals surface area contributed by atoms with Crippen LogP contribution in [0.5, 0.6) is 5.75 Å². The van der Waals surface area contributed by atoms with Crippen molar-refractivity contribution in [3.8, 4) is 16.9 Å². The molecule has 4 rings (SSSR count). The summed E-state index contributed by atoms with van der Waals surface area (Å²) in [4.78, 5) is 36.5. The normalized spacial score (nSPS) is 11.3. The van der Waals surface area contributed by atoms with Gasteiger partial charge in [0, 0.05) is 29.4 Å². The van der Waals surface area contributed by atoms with E-state index in [0.29, 0.717) is 28.7 Å². The molecule has 2 aromatic carbocycles. The SMILES string of the molecule is CCCCN(C(=O)Nc1c(C(C)C)cccc1C(C)C)c1c(-c2ccc(O)cc2)c2cccnc2[nH]c1=O. The third kappa shape index (κ3) is 5.42. The molecule has 2 aromatic heterocycles. The van der Waals surface area contributed by atoms with Crippen molar-refractivity contribution in [2.45, 2.75) is 59.3 Å². The Labute approximate surface area is 223 Å². The van der Waals surface area contributed by atoms with Gasteiger partial charge in [-0.2, -0.15) is 0 Å². The average molecular weight is 513 g/mol. The molecule has 7 nitrogen and oxygen atoms in total. The minimum Gasteiger partial charge on any atom is -0.508 e. The van der Waals surface area contributed by atoms with E-state index in [2.05, 4.69) is 49.9 Å². The Morgan fingerprint density at radius 2 is 1.66 bits per heavy atom. The molecule has 0 unspecified atom stereocenters. The number of carbonyl (C=O) groups is 1. The third-order valence-corrected chi connectivity index (χ3v) is 6.77. The van der Waals surface area contributed by atoms with Gasteiger partial charge in [0.1, 0.15) is 17.1 Å². The van der Waals surface area contributed by atoms with Crippen LogP contribution in [0, 0.1) is 0 Å². The highest BCUT2D eigenvalue weighted by Gasteiger charge is 2.27. The molecule has 0 radical (unpaired) electrons. The van der Waals surface area contributed by atoms with Crippen LogP contribution >= 0.6 is 0 Å². The first kappa shape index (κ1) is 26.9. The number of urea groups is 1. The second-order valence-electron chi connectivity index (χ2n) is 10.2. The number of carbonyl (C=O) groups excluding carboxylic acids is 1. The van der Waals surface area contributed by atoms with Gasteiger partial charge in [-0.1, -0.05) is 71.4 Å². The van der Waals surface area contributed by atoms with E-state index < -0.39 is 5.56 Å². The van der Waals surface area contributed by atoms with E-state index in [1.807, 2.05) is 24.3 Å². The molecule has 38 heavy (non-hydrogen) atoms. The largest absolute Gasteiger partial charge is 0.508 e. The number of nitrogens with zero attached hydrogens (tertiary/aromatic N) is 2. The van der Waals surface area contributed by atoms with Gasteiger partial charge < -0.3 is 15.4 Å². The van der Waals surface area contributed by atoms with Gasteiger partial charge in [0.15, 0.2) is 0 Å². The van der Waals surface area contributed by atoms with Crippen molar-refractivity contribution < 1.29 is 9.90 Å². The van der Waals surface area contributed by atoms with Gasteiger partial charge >= 0.3 is 6.03 Å². The summed E-state index contributed by atoms with van der Waals surface area (Å²) in [5.74, 6) is 0.529. The minimum atomic E-state index is -0.397. The predicted octanol–water partition coefficient (Wildman–Crippen LogP) is 7.38. The third-order valence-electron chi connectivity index (χ3n) is 6.77. The first-order chi connectivity index (χ1) is 18.2. The number of aromatic nitrogens is 2. The van der Waals surface area contributed by atoms with Gasteiger partial charge in [-0.15, -0.1) is 0 Å². The number of hydrogen-bond acceptors (Lipinski definition) is 4. The summed E-state index contributed by atoms with van der Waals surface area (Å²) in [5, 5.41) is 13.8. The lowest BCUT2D eigenvalue weighted by Crippen LogP contribution is -2.40. The first-order valence-corrected chi connectivity index (χ1v) is 13.2. The number of hydrogen-bond donors (Lipinski definition) is 3. The smallest absolute Gasteiger partial charge is 0.326 e. The molecule has 0 saturated carbocycles. The van der Waals surface area contributed by atoms with Crippen LogP contribution in [-0.2, 0) is 0 Å². The van der Waals surface area contributed by atoms with Crippen LogP contribution in [0.2, 0.25) is 0 Å². The van der Waals surface area contributed by atoms with Crippen molar-refractivity contribution in [2.24, 2.45) is 0 Å². The number of phenolic OH excluding ortho intramolecular Hbond substituents is 1. The Morgan fingerprint density at radius 3 is 2.26 bits per heavy atom. The molecule has 0 aliphatic rings. The standard InChI is InChI=1S/C31H36N4O3/c1-6-7-18-35(31(38)33-27-23(19(2)3)10-8-11-24(27)20(4)5)28-26(21-13-15-22(36)16-14-21)25-12-9-17-32-29(25)34-30(28)37/h8-17,19-20,36H,6-7,18H2,1-5H3,(H,33,38)(H,32,34,37). The molecule has 4 aromatic rings. The Balaban J connectivity index is 1.93. The number of pyridine rings is 2. The summed E-state index contributed by atoms with van der Waals surface area (Å²) in [7, 11) is 0. The fraction of sp³-hybridized carbons (Fsp3) is 0.323. The van der Waals surface area contributed by atoms with E-state index in [-0.39, 0.29) is 29.3 Å². The average Bonchev–Trinajstić information content (AvgIpc) is 2.89. The zero-order valence-corrected chi connectivity index (χ0v) is 22.7. The molecule has 2 amide bonds. The Hall–Kier alpha value is -4.13. The van der Waals surface area contributed by atoms with E-state index in [4.69, 9.17) is 0 Å². The molecule has 3 N–H and O–H groups in total. The van der Waals surface area contributed by atoms with Gasteiger partial charge in [0.2, 0.25) is 0 Å². The summed E-state index contributed by atoms with van der Waals surface area (Å²) in [6.07, 6.45) is 3.19. The van der Waals surface area contributed by atoms with E-state index >= 15 is 0 Å². The molecule has 0 aliphatic carbocycles. The Morgan fingerprint density at radius 1 is 1.00 bits per heavy atom. The molecule has 198 valence electrons. The monoisotopic (exact) mass is 512 g/mol. The number of anilines is 2. The first-order valence-electron chi connectivity index (χ1n) is 13.2. The number of aromatic hydroxyl groups is 1. The quantitative estimate of drug-likeness (QED) is 0.229. The van der Waals surface area contributed by atoms with Crippen molar-refractivity contribution in [2.75, 3.05) is 16.8 Å². The fourth-order valence-corrected chi connectivity index (χ4v) is 4.79. The maximum absolute atomic E-state index is 14.1. The van der Waals surface area contributed by atoms with Gasteiger partial charge in [-0.05, 0) is 59.2 Å². The summed E-state index contributed by atoms with van der Waals surface area (Å²) in [6, 6.07) is 16.1. The molecular weight excluding hydrogens is 476 g/mol. The lowest BCUT2D eigenvalue weighted by molar-refractivity contribution is 0.256. The van der Waals surface area contributed by atoms with Crippen molar-refractivity contribution >= 4 is 28.4 Å². The minimum absolute atomic E-state index is 0.120. The van der Waals surface area contributed by atoms with Gasteiger partial charge in [-0.3, -0.25) is 9.69 Å². The van der Waals surface area contributed by atoms with Crippen molar-refractivity contribution in [1.29, 1.82) is 0 Å². The maximum atomic E-state index is 14.1. The highest BCUT2D eigenvalue weighted by molar-refractivity contribution is 6.09. The highest BCUT2D eigenvalue weighted by atomic mass is 16.3. The van der Waals surface area contributed by atoms with Crippen molar-refractivity contribution in [3.63, 3.8) is 0 Å². The molecule has 0 aliphatic heterocycles. The second-order valence-corrected chi connectivity index (χ2v) is 10.2. The lowest BCUT2D eigenvalue weighted by atomic mass is 9.92. The number of benzene rings is 2. The predicted molar refractivity (Wildman–Crippen MR) is 155 cm³/mol. The lowest BCUT2D eigenvalue weighted by Gasteiger charge is -2.27. The molecule has 0 fully saturated rings. The summed E-state index contributed by atoms with van der Waals surface area (Å²) < 4.78 is 0. The van der Waals surface area contributed by atoms with Crippen molar-refractivity contribution in [1.82, 2.24) is 9.97 Å². The van der Waals surface area contributed by atoms with Crippen molar-refractivity contribution in [3.05, 3.63) is 82.3 Å². The number of aromatic amines is 1.